The molecule has 1 aromatic heterocycles. The molecule has 0 aliphatic carbocycles. The van der Waals surface area contributed by atoms with Gasteiger partial charge in [0.05, 0.1) is 9.92 Å². The van der Waals surface area contributed by atoms with E-state index in [1.165, 1.54) is 4.90 Å². The fraction of sp³-hybridized carbons (Fsp3) is 0.238. The first kappa shape index (κ1) is 22.4. The Morgan fingerprint density at radius 1 is 1.06 bits per heavy atom. The van der Waals surface area contributed by atoms with Gasteiger partial charge in [0.2, 0.25) is 10.0 Å². The van der Waals surface area contributed by atoms with Gasteiger partial charge >= 0.3 is 0 Å². The van der Waals surface area contributed by atoms with Gasteiger partial charge in [-0.2, -0.15) is 4.31 Å². The predicted octanol–water partition coefficient (Wildman–Crippen LogP) is 3.08. The number of ether oxygens (including phenoxy) is 1. The highest BCUT2D eigenvalue weighted by Gasteiger charge is 2.30. The third-order valence-corrected chi connectivity index (χ3v) is 7.38. The van der Waals surface area contributed by atoms with Gasteiger partial charge in [0.25, 0.3) is 5.91 Å². The number of halogens is 3. The number of carbonyl (C=O) groups is 1. The summed E-state index contributed by atoms with van der Waals surface area (Å²) in [5.41, 5.74) is 0.537. The summed E-state index contributed by atoms with van der Waals surface area (Å²) < 4.78 is 58.7. The number of sulfonamides is 1. The molecule has 11 heteroatoms. The maximum atomic E-state index is 13.5. The lowest BCUT2D eigenvalue weighted by Crippen LogP contribution is -2.51. The third kappa shape index (κ3) is 4.38. The van der Waals surface area contributed by atoms with Crippen LogP contribution in [-0.2, 0) is 14.8 Å². The Morgan fingerprint density at radius 2 is 1.81 bits per heavy atom. The van der Waals surface area contributed by atoms with Crippen molar-refractivity contribution < 1.29 is 26.7 Å². The number of pyridine rings is 1. The molecule has 1 aliphatic rings. The van der Waals surface area contributed by atoms with Gasteiger partial charge in [-0.1, -0.05) is 11.6 Å². The summed E-state index contributed by atoms with van der Waals surface area (Å²) in [5.74, 6) is -2.25. The van der Waals surface area contributed by atoms with Gasteiger partial charge in [0.15, 0.2) is 18.2 Å². The molecule has 4 rings (SSSR count). The number of aromatic nitrogens is 1. The minimum atomic E-state index is -4.00. The van der Waals surface area contributed by atoms with E-state index in [-0.39, 0.29) is 43.6 Å². The van der Waals surface area contributed by atoms with Crippen LogP contribution in [0.5, 0.6) is 5.75 Å². The molecule has 0 unspecified atom stereocenters. The smallest absolute Gasteiger partial charge is 0.260 e. The van der Waals surface area contributed by atoms with Crippen molar-refractivity contribution in [1.82, 2.24) is 14.2 Å². The van der Waals surface area contributed by atoms with Crippen LogP contribution in [0.2, 0.25) is 5.02 Å². The number of hydrogen-bond donors (Lipinski definition) is 0. The van der Waals surface area contributed by atoms with Crippen LogP contribution in [0.3, 0.4) is 0 Å². The van der Waals surface area contributed by atoms with E-state index in [1.54, 1.807) is 30.5 Å². The molecule has 1 saturated heterocycles. The molecule has 0 N–H and O–H groups in total. The van der Waals surface area contributed by atoms with Crippen LogP contribution in [0, 0.1) is 11.6 Å². The van der Waals surface area contributed by atoms with Crippen molar-refractivity contribution >= 4 is 38.4 Å². The Morgan fingerprint density at radius 3 is 2.53 bits per heavy atom. The first-order chi connectivity index (χ1) is 15.3. The summed E-state index contributed by atoms with van der Waals surface area (Å²) in [7, 11) is -4.00. The number of amides is 1. The summed E-state index contributed by atoms with van der Waals surface area (Å²) in [6.45, 7) is 0.0929. The molecule has 2 aromatic carbocycles. The molecule has 3 aromatic rings. The Labute approximate surface area is 188 Å². The summed E-state index contributed by atoms with van der Waals surface area (Å²) in [4.78, 5) is 18.0. The highest BCUT2D eigenvalue weighted by molar-refractivity contribution is 7.89. The SMILES string of the molecule is O=C(COc1ccc(Cl)c2cccnc12)N1CCN(S(=O)(=O)c2ccc(F)c(F)c2)CC1. The maximum absolute atomic E-state index is 13.5. The fourth-order valence-corrected chi connectivity index (χ4v) is 5.07. The standard InChI is InChI=1S/C21H18ClF2N3O4S/c22-16-4-6-19(21-15(16)2-1-7-25-21)31-13-20(28)26-8-10-27(11-9-26)32(29,30)14-3-5-17(23)18(24)12-14/h1-7,12H,8-11,13H2. The molecule has 0 spiro atoms. The monoisotopic (exact) mass is 481 g/mol. The van der Waals surface area contributed by atoms with E-state index in [9.17, 15) is 22.0 Å². The zero-order valence-corrected chi connectivity index (χ0v) is 18.2. The van der Waals surface area contributed by atoms with Gasteiger partial charge < -0.3 is 9.64 Å². The summed E-state index contributed by atoms with van der Waals surface area (Å²) >= 11 is 6.16. The van der Waals surface area contributed by atoms with Crippen LogP contribution < -0.4 is 4.74 Å². The molecule has 32 heavy (non-hydrogen) atoms. The molecule has 1 fully saturated rings. The lowest BCUT2D eigenvalue weighted by Gasteiger charge is -2.34. The molecule has 0 saturated carbocycles. The minimum absolute atomic E-state index is 0.0263. The van der Waals surface area contributed by atoms with Crippen LogP contribution in [-0.4, -0.2) is 61.3 Å². The first-order valence-electron chi connectivity index (χ1n) is 9.66. The van der Waals surface area contributed by atoms with E-state index in [4.69, 9.17) is 16.3 Å². The van der Waals surface area contributed by atoms with Gasteiger partial charge in [-0.3, -0.25) is 9.78 Å². The molecule has 1 aliphatic heterocycles. The second-order valence-corrected chi connectivity index (χ2v) is 9.44. The summed E-state index contributed by atoms with van der Waals surface area (Å²) in [5, 5.41) is 1.22. The first-order valence-corrected chi connectivity index (χ1v) is 11.5. The molecule has 2 heterocycles. The largest absolute Gasteiger partial charge is 0.481 e. The second kappa shape index (κ2) is 8.97. The topological polar surface area (TPSA) is 79.8 Å². The number of nitrogens with zero attached hydrogens (tertiary/aromatic N) is 3. The highest BCUT2D eigenvalue weighted by atomic mass is 35.5. The molecular weight excluding hydrogens is 464 g/mol. The Hall–Kier alpha value is -2.82. The lowest BCUT2D eigenvalue weighted by atomic mass is 10.2. The zero-order chi connectivity index (χ0) is 22.9. The van der Waals surface area contributed by atoms with Crippen molar-refractivity contribution in [2.45, 2.75) is 4.90 Å². The average molecular weight is 482 g/mol. The van der Waals surface area contributed by atoms with Crippen molar-refractivity contribution in [2.24, 2.45) is 0 Å². The van der Waals surface area contributed by atoms with Crippen molar-refractivity contribution in [3.8, 4) is 5.75 Å². The van der Waals surface area contributed by atoms with Crippen LogP contribution in [0.1, 0.15) is 0 Å². The molecule has 0 radical (unpaired) electrons. The van der Waals surface area contributed by atoms with Crippen LogP contribution in [0.25, 0.3) is 10.9 Å². The van der Waals surface area contributed by atoms with E-state index in [0.717, 1.165) is 16.4 Å². The molecule has 0 bridgehead atoms. The number of fused-ring (bicyclic) bond motifs is 1. The van der Waals surface area contributed by atoms with E-state index < -0.39 is 21.7 Å². The Balaban J connectivity index is 1.38. The Bertz CT molecular complexity index is 1280. The van der Waals surface area contributed by atoms with Gasteiger partial charge in [0, 0.05) is 37.8 Å². The minimum Gasteiger partial charge on any atom is -0.481 e. The average Bonchev–Trinajstić information content (AvgIpc) is 2.80. The Kier molecular flexibility index (Phi) is 6.27. The van der Waals surface area contributed by atoms with Gasteiger partial charge in [0.1, 0.15) is 11.3 Å². The normalized spacial score (nSPS) is 15.2. The van der Waals surface area contributed by atoms with Gasteiger partial charge in [-0.15, -0.1) is 0 Å². The van der Waals surface area contributed by atoms with E-state index in [2.05, 4.69) is 4.98 Å². The lowest BCUT2D eigenvalue weighted by molar-refractivity contribution is -0.134. The third-order valence-electron chi connectivity index (χ3n) is 5.15. The van der Waals surface area contributed by atoms with E-state index in [0.29, 0.717) is 27.7 Å². The molecular formula is C21H18ClF2N3O4S. The number of rotatable bonds is 5. The van der Waals surface area contributed by atoms with Crippen molar-refractivity contribution in [3.05, 3.63) is 65.3 Å². The fourth-order valence-electron chi connectivity index (χ4n) is 3.42. The van der Waals surface area contributed by atoms with Crippen LogP contribution in [0.4, 0.5) is 8.78 Å². The van der Waals surface area contributed by atoms with Gasteiger partial charge in [-0.25, -0.2) is 17.2 Å². The zero-order valence-electron chi connectivity index (χ0n) is 16.7. The van der Waals surface area contributed by atoms with Crippen molar-refractivity contribution in [2.75, 3.05) is 32.8 Å². The number of hydrogen-bond acceptors (Lipinski definition) is 5. The number of carbonyl (C=O) groups excluding carboxylic acids is 1. The summed E-state index contributed by atoms with van der Waals surface area (Å²) in [6.07, 6.45) is 1.60. The van der Waals surface area contributed by atoms with Crippen LogP contribution >= 0.6 is 11.6 Å². The number of benzene rings is 2. The van der Waals surface area contributed by atoms with Crippen molar-refractivity contribution in [3.63, 3.8) is 0 Å². The predicted molar refractivity (Wildman–Crippen MR) is 114 cm³/mol. The molecule has 168 valence electrons. The molecule has 7 nitrogen and oxygen atoms in total. The molecule has 0 atom stereocenters. The van der Waals surface area contributed by atoms with Gasteiger partial charge in [-0.05, 0) is 42.5 Å². The summed E-state index contributed by atoms with van der Waals surface area (Å²) in [6, 6.07) is 9.28. The second-order valence-electron chi connectivity index (χ2n) is 7.09. The van der Waals surface area contributed by atoms with E-state index in [1.807, 2.05) is 0 Å². The van der Waals surface area contributed by atoms with E-state index >= 15 is 0 Å². The van der Waals surface area contributed by atoms with Crippen LogP contribution in [0.15, 0.2) is 53.6 Å². The number of piperazine rings is 1. The molecule has 1 amide bonds. The quantitative estimate of drug-likeness (QED) is 0.559. The van der Waals surface area contributed by atoms with Crippen molar-refractivity contribution in [1.29, 1.82) is 0 Å². The maximum Gasteiger partial charge on any atom is 0.260 e. The highest BCUT2D eigenvalue weighted by Crippen LogP contribution is 2.29.